The van der Waals surface area contributed by atoms with E-state index in [1.165, 1.54) is 24.4 Å². The number of carbonyl (C=O) groups is 2. The number of ether oxygens (including phenoxy) is 1. The molecule has 0 aliphatic carbocycles. The molecule has 2 aromatic carbocycles. The summed E-state index contributed by atoms with van der Waals surface area (Å²) in [6.45, 7) is 6.52. The quantitative estimate of drug-likeness (QED) is 0.733. The molecule has 0 unspecified atom stereocenters. The van der Waals surface area contributed by atoms with E-state index < -0.39 is 6.09 Å². The number of anilines is 2. The van der Waals surface area contributed by atoms with E-state index in [9.17, 15) is 9.59 Å². The molecular weight excluding hydrogens is 348 g/mol. The number of thioether (sulfide) groups is 1. The monoisotopic (exact) mass is 372 g/mol. The zero-order valence-corrected chi connectivity index (χ0v) is 16.3. The first-order chi connectivity index (χ1) is 12.3. The van der Waals surface area contributed by atoms with Crippen LogP contribution in [0, 0.1) is 0 Å². The number of rotatable bonds is 5. The minimum atomic E-state index is -0.553. The Hall–Kier alpha value is -2.47. The maximum absolute atomic E-state index is 12.2. The molecule has 6 heteroatoms. The molecule has 2 rings (SSSR count). The molecule has 0 heterocycles. The van der Waals surface area contributed by atoms with Crippen molar-refractivity contribution >= 4 is 35.1 Å². The summed E-state index contributed by atoms with van der Waals surface area (Å²) in [5.41, 5.74) is 2.55. The predicted molar refractivity (Wildman–Crippen MR) is 107 cm³/mol. The first kappa shape index (κ1) is 19.8. The van der Waals surface area contributed by atoms with Gasteiger partial charge in [0.15, 0.2) is 0 Å². The highest BCUT2D eigenvalue weighted by Crippen LogP contribution is 2.25. The molecule has 0 aliphatic heterocycles. The Morgan fingerprint density at radius 1 is 1.00 bits per heavy atom. The fourth-order valence-corrected chi connectivity index (χ4v) is 2.94. The molecule has 0 saturated heterocycles. The second kappa shape index (κ2) is 8.76. The van der Waals surface area contributed by atoms with Gasteiger partial charge in [-0.25, -0.2) is 4.79 Å². The number of methoxy groups -OCH3 is 1. The summed E-state index contributed by atoms with van der Waals surface area (Å²) in [5.74, 6) is 0.203. The number of benzene rings is 2. The molecule has 0 bridgehead atoms. The Morgan fingerprint density at radius 2 is 1.62 bits per heavy atom. The second-order valence-electron chi connectivity index (χ2n) is 6.81. The van der Waals surface area contributed by atoms with Crippen molar-refractivity contribution in [3.8, 4) is 0 Å². The van der Waals surface area contributed by atoms with Gasteiger partial charge in [0.25, 0.3) is 0 Å². The number of carbonyl (C=O) groups excluding carboxylic acids is 2. The van der Waals surface area contributed by atoms with Crippen molar-refractivity contribution in [1.29, 1.82) is 0 Å². The van der Waals surface area contributed by atoms with Crippen LogP contribution in [0.25, 0.3) is 0 Å². The topological polar surface area (TPSA) is 67.4 Å². The summed E-state index contributed by atoms with van der Waals surface area (Å²) in [6, 6.07) is 15.2. The van der Waals surface area contributed by atoms with Crippen LogP contribution >= 0.6 is 11.8 Å². The molecule has 0 aromatic heterocycles. The van der Waals surface area contributed by atoms with Crippen LogP contribution in [0.4, 0.5) is 16.2 Å². The van der Waals surface area contributed by atoms with Crippen LogP contribution in [0.1, 0.15) is 26.3 Å². The van der Waals surface area contributed by atoms with Gasteiger partial charge in [-0.2, -0.15) is 0 Å². The van der Waals surface area contributed by atoms with Crippen LogP contribution in [0.15, 0.2) is 53.4 Å². The number of amides is 2. The number of hydrogen-bond donors (Lipinski definition) is 2. The van der Waals surface area contributed by atoms with Gasteiger partial charge in [0, 0.05) is 16.3 Å². The lowest BCUT2D eigenvalue weighted by molar-refractivity contribution is -0.113. The maximum Gasteiger partial charge on any atom is 0.411 e. The van der Waals surface area contributed by atoms with Crippen LogP contribution in [0.5, 0.6) is 0 Å². The fourth-order valence-electron chi connectivity index (χ4n) is 2.24. The normalized spacial score (nSPS) is 10.9. The Morgan fingerprint density at radius 3 is 2.19 bits per heavy atom. The first-order valence-corrected chi connectivity index (χ1v) is 9.25. The van der Waals surface area contributed by atoms with Gasteiger partial charge in [-0.3, -0.25) is 10.1 Å². The van der Waals surface area contributed by atoms with Gasteiger partial charge in [-0.15, -0.1) is 11.8 Å². The van der Waals surface area contributed by atoms with Crippen LogP contribution < -0.4 is 10.6 Å². The average molecular weight is 372 g/mol. The summed E-state index contributed by atoms with van der Waals surface area (Å²) in [4.78, 5) is 24.4. The van der Waals surface area contributed by atoms with E-state index >= 15 is 0 Å². The van der Waals surface area contributed by atoms with Crippen molar-refractivity contribution < 1.29 is 14.3 Å². The van der Waals surface area contributed by atoms with Crippen LogP contribution in [0.2, 0.25) is 0 Å². The Bertz CT molecular complexity index is 767. The first-order valence-electron chi connectivity index (χ1n) is 8.26. The number of hydrogen-bond acceptors (Lipinski definition) is 4. The SMILES string of the molecule is COC(=O)Nc1cccc(NC(=O)CSc2ccc(C(C)(C)C)cc2)c1. The van der Waals surface area contributed by atoms with Gasteiger partial charge in [-0.1, -0.05) is 39.0 Å². The molecule has 0 aliphatic rings. The molecular formula is C20H24N2O3S. The van der Waals surface area contributed by atoms with E-state index in [0.717, 1.165) is 4.90 Å². The summed E-state index contributed by atoms with van der Waals surface area (Å²) < 4.78 is 4.55. The third-order valence-electron chi connectivity index (χ3n) is 3.67. The van der Waals surface area contributed by atoms with E-state index in [-0.39, 0.29) is 11.3 Å². The highest BCUT2D eigenvalue weighted by molar-refractivity contribution is 8.00. The average Bonchev–Trinajstić information content (AvgIpc) is 2.60. The third-order valence-corrected chi connectivity index (χ3v) is 4.68. The lowest BCUT2D eigenvalue weighted by Crippen LogP contribution is -2.15. The van der Waals surface area contributed by atoms with Gasteiger partial charge in [0.05, 0.1) is 12.9 Å². The van der Waals surface area contributed by atoms with Crippen molar-refractivity contribution in [2.45, 2.75) is 31.1 Å². The molecule has 5 nitrogen and oxygen atoms in total. The molecule has 138 valence electrons. The fraction of sp³-hybridized carbons (Fsp3) is 0.300. The van der Waals surface area contributed by atoms with Crippen LogP contribution in [-0.2, 0) is 14.9 Å². The zero-order valence-electron chi connectivity index (χ0n) is 15.5. The summed E-state index contributed by atoms with van der Waals surface area (Å²) in [6.07, 6.45) is -0.553. The summed E-state index contributed by atoms with van der Waals surface area (Å²) in [7, 11) is 1.30. The highest BCUT2D eigenvalue weighted by Gasteiger charge is 2.13. The Kier molecular flexibility index (Phi) is 6.69. The van der Waals surface area contributed by atoms with Crippen molar-refractivity contribution in [2.75, 3.05) is 23.5 Å². The Labute approximate surface area is 158 Å². The lowest BCUT2D eigenvalue weighted by atomic mass is 9.87. The van der Waals surface area contributed by atoms with Gasteiger partial charge in [-0.05, 0) is 41.3 Å². The lowest BCUT2D eigenvalue weighted by Gasteiger charge is -2.19. The van der Waals surface area contributed by atoms with Crippen molar-refractivity contribution in [3.05, 3.63) is 54.1 Å². The standard InChI is InChI=1S/C20H24N2O3S/c1-20(2,3)14-8-10-17(11-9-14)26-13-18(23)21-15-6-5-7-16(12-15)22-19(24)25-4/h5-12H,13H2,1-4H3,(H,21,23)(H,22,24). The predicted octanol–water partition coefficient (Wildman–Crippen LogP) is 4.89. The Balaban J connectivity index is 1.89. The van der Waals surface area contributed by atoms with Crippen molar-refractivity contribution in [1.82, 2.24) is 0 Å². The van der Waals surface area contributed by atoms with E-state index in [4.69, 9.17) is 0 Å². The molecule has 0 spiro atoms. The third kappa shape index (κ3) is 6.11. The maximum atomic E-state index is 12.2. The van der Waals surface area contributed by atoms with Gasteiger partial charge < -0.3 is 10.1 Å². The van der Waals surface area contributed by atoms with Crippen molar-refractivity contribution in [3.63, 3.8) is 0 Å². The molecule has 0 saturated carbocycles. The highest BCUT2D eigenvalue weighted by atomic mass is 32.2. The zero-order chi connectivity index (χ0) is 19.2. The minimum absolute atomic E-state index is 0.106. The number of nitrogens with one attached hydrogen (secondary N) is 2. The minimum Gasteiger partial charge on any atom is -0.453 e. The van der Waals surface area contributed by atoms with Crippen molar-refractivity contribution in [2.24, 2.45) is 0 Å². The van der Waals surface area contributed by atoms with Gasteiger partial charge >= 0.3 is 6.09 Å². The van der Waals surface area contributed by atoms with Gasteiger partial charge in [0.2, 0.25) is 5.91 Å². The molecule has 2 N–H and O–H groups in total. The van der Waals surface area contributed by atoms with E-state index in [2.05, 4.69) is 48.3 Å². The largest absolute Gasteiger partial charge is 0.453 e. The summed E-state index contributed by atoms with van der Waals surface area (Å²) in [5, 5.41) is 5.39. The summed E-state index contributed by atoms with van der Waals surface area (Å²) >= 11 is 1.48. The van der Waals surface area contributed by atoms with Crippen LogP contribution in [0.3, 0.4) is 0 Å². The molecule has 2 amide bonds. The molecule has 2 aromatic rings. The van der Waals surface area contributed by atoms with Gasteiger partial charge in [0.1, 0.15) is 0 Å². The van der Waals surface area contributed by atoms with E-state index in [1.807, 2.05) is 12.1 Å². The molecule has 0 fully saturated rings. The second-order valence-corrected chi connectivity index (χ2v) is 7.86. The van der Waals surface area contributed by atoms with E-state index in [1.54, 1.807) is 24.3 Å². The smallest absolute Gasteiger partial charge is 0.411 e. The van der Waals surface area contributed by atoms with E-state index in [0.29, 0.717) is 17.1 Å². The van der Waals surface area contributed by atoms with Crippen LogP contribution in [-0.4, -0.2) is 24.9 Å². The molecule has 0 radical (unpaired) electrons. The molecule has 0 atom stereocenters. The molecule has 26 heavy (non-hydrogen) atoms.